The zero-order valence-corrected chi connectivity index (χ0v) is 8.31. The molecule has 1 aromatic rings. The zero-order chi connectivity index (χ0) is 13.2. The highest BCUT2D eigenvalue weighted by atomic mass is 19.4. The number of alkyl halides is 3. The van der Waals surface area contributed by atoms with Crippen molar-refractivity contribution in [2.75, 3.05) is 17.6 Å². The van der Waals surface area contributed by atoms with E-state index in [0.717, 1.165) is 6.07 Å². The zero-order valence-electron chi connectivity index (χ0n) is 8.31. The van der Waals surface area contributed by atoms with E-state index in [1.807, 2.05) is 0 Å². The predicted octanol–water partition coefficient (Wildman–Crippen LogP) is 2.08. The van der Waals surface area contributed by atoms with Crippen LogP contribution in [0, 0.1) is 5.82 Å². The Kier molecular flexibility index (Phi) is 3.45. The highest BCUT2D eigenvalue weighted by molar-refractivity contribution is 5.94. The van der Waals surface area contributed by atoms with E-state index in [1.54, 1.807) is 5.32 Å². The Labute approximate surface area is 93.0 Å². The van der Waals surface area contributed by atoms with Gasteiger partial charge in [0.1, 0.15) is 12.4 Å². The Morgan fingerprint density at radius 1 is 1.41 bits per heavy atom. The number of rotatable bonds is 3. The summed E-state index contributed by atoms with van der Waals surface area (Å²) in [6.45, 7) is -1.47. The van der Waals surface area contributed by atoms with Crippen molar-refractivity contribution in [1.82, 2.24) is 0 Å². The summed E-state index contributed by atoms with van der Waals surface area (Å²) in [7, 11) is 0. The number of hydrogen-bond donors (Lipinski definition) is 3. The summed E-state index contributed by atoms with van der Waals surface area (Å²) in [4.78, 5) is 10.6. The first-order chi connectivity index (χ1) is 7.70. The van der Waals surface area contributed by atoms with Crippen molar-refractivity contribution in [3.05, 3.63) is 23.5 Å². The van der Waals surface area contributed by atoms with Gasteiger partial charge in [0.15, 0.2) is 0 Å². The molecule has 8 heteroatoms. The maximum Gasteiger partial charge on any atom is 0.405 e. The lowest BCUT2D eigenvalue weighted by atomic mass is 10.1. The molecule has 94 valence electrons. The van der Waals surface area contributed by atoms with Crippen LogP contribution in [0.25, 0.3) is 0 Å². The van der Waals surface area contributed by atoms with Crippen LogP contribution in [0.5, 0.6) is 0 Å². The number of nitrogens with one attached hydrogen (secondary N) is 1. The Hall–Kier alpha value is -1.99. The van der Waals surface area contributed by atoms with Crippen LogP contribution in [0.4, 0.5) is 28.9 Å². The molecule has 0 saturated heterocycles. The van der Waals surface area contributed by atoms with Crippen molar-refractivity contribution in [3.63, 3.8) is 0 Å². The maximum absolute atomic E-state index is 13.2. The number of carbonyl (C=O) groups is 1. The van der Waals surface area contributed by atoms with Crippen LogP contribution >= 0.6 is 0 Å². The molecule has 0 fully saturated rings. The van der Waals surface area contributed by atoms with Crippen LogP contribution in [0.15, 0.2) is 12.1 Å². The lowest BCUT2D eigenvalue weighted by Gasteiger charge is -2.11. The van der Waals surface area contributed by atoms with Crippen molar-refractivity contribution < 1.29 is 27.5 Å². The summed E-state index contributed by atoms with van der Waals surface area (Å²) in [5.41, 5.74) is 3.83. The number of nitrogen functional groups attached to an aromatic ring is 1. The summed E-state index contributed by atoms with van der Waals surface area (Å²) in [6, 6.07) is 1.38. The van der Waals surface area contributed by atoms with Crippen molar-refractivity contribution in [1.29, 1.82) is 0 Å². The van der Waals surface area contributed by atoms with Gasteiger partial charge in [-0.15, -0.1) is 0 Å². The molecule has 17 heavy (non-hydrogen) atoms. The fourth-order valence-corrected chi connectivity index (χ4v) is 1.10. The van der Waals surface area contributed by atoms with E-state index >= 15 is 0 Å². The molecular weight excluding hydrogens is 244 g/mol. The maximum atomic E-state index is 13.2. The smallest absolute Gasteiger partial charge is 0.405 e. The van der Waals surface area contributed by atoms with Gasteiger partial charge in [0, 0.05) is 5.69 Å². The summed E-state index contributed by atoms with van der Waals surface area (Å²) < 4.78 is 48.8. The van der Waals surface area contributed by atoms with Gasteiger partial charge in [0.05, 0.1) is 11.3 Å². The second-order valence-electron chi connectivity index (χ2n) is 3.19. The summed E-state index contributed by atoms with van der Waals surface area (Å²) in [6.07, 6.45) is -4.53. The van der Waals surface area contributed by atoms with Crippen LogP contribution in [-0.4, -0.2) is 23.8 Å². The number of aromatic carboxylic acids is 1. The highest BCUT2D eigenvalue weighted by Crippen LogP contribution is 2.24. The van der Waals surface area contributed by atoms with Crippen LogP contribution in [0.1, 0.15) is 10.4 Å². The highest BCUT2D eigenvalue weighted by Gasteiger charge is 2.27. The average molecular weight is 252 g/mol. The second kappa shape index (κ2) is 4.48. The van der Waals surface area contributed by atoms with Crippen LogP contribution in [0.2, 0.25) is 0 Å². The number of carboxylic acid groups (broad SMARTS) is 1. The molecule has 4 N–H and O–H groups in total. The first-order valence-electron chi connectivity index (χ1n) is 4.33. The Morgan fingerprint density at radius 2 is 2.00 bits per heavy atom. The fourth-order valence-electron chi connectivity index (χ4n) is 1.10. The molecule has 0 aliphatic heterocycles. The van der Waals surface area contributed by atoms with E-state index < -0.39 is 35.8 Å². The quantitative estimate of drug-likeness (QED) is 0.568. The molecule has 0 heterocycles. The summed E-state index contributed by atoms with van der Waals surface area (Å²) >= 11 is 0. The van der Waals surface area contributed by atoms with Gasteiger partial charge in [-0.1, -0.05) is 0 Å². The number of benzene rings is 1. The van der Waals surface area contributed by atoms with E-state index in [2.05, 4.69) is 0 Å². The van der Waals surface area contributed by atoms with Crippen molar-refractivity contribution >= 4 is 17.3 Å². The molecule has 0 aliphatic rings. The van der Waals surface area contributed by atoms with Crippen LogP contribution < -0.4 is 11.1 Å². The molecular formula is C9H8F4N2O2. The van der Waals surface area contributed by atoms with Crippen molar-refractivity contribution in [2.24, 2.45) is 0 Å². The normalized spacial score (nSPS) is 11.3. The predicted molar refractivity (Wildman–Crippen MR) is 52.3 cm³/mol. The first-order valence-corrected chi connectivity index (χ1v) is 4.33. The summed E-state index contributed by atoms with van der Waals surface area (Å²) in [5, 5.41) is 10.4. The largest absolute Gasteiger partial charge is 0.478 e. The van der Waals surface area contributed by atoms with E-state index in [0.29, 0.717) is 6.07 Å². The number of carboxylic acids is 1. The monoisotopic (exact) mass is 252 g/mol. The Balaban J connectivity index is 3.00. The van der Waals surface area contributed by atoms with Gasteiger partial charge in [-0.2, -0.15) is 13.2 Å². The second-order valence-corrected chi connectivity index (χ2v) is 3.19. The number of halogens is 4. The standard InChI is InChI=1S/C9H8F4N2O2/c10-5-2-6(14)4(8(16)17)1-7(5)15-3-9(11,12)13/h1-2,15H,3,14H2,(H,16,17). The van der Waals surface area contributed by atoms with Gasteiger partial charge in [-0.3, -0.25) is 0 Å². The van der Waals surface area contributed by atoms with Crippen molar-refractivity contribution in [2.45, 2.75) is 6.18 Å². The third-order valence-corrected chi connectivity index (χ3v) is 1.85. The van der Waals surface area contributed by atoms with Gasteiger partial charge in [-0.05, 0) is 12.1 Å². The lowest BCUT2D eigenvalue weighted by molar-refractivity contribution is -0.115. The molecule has 0 atom stereocenters. The molecule has 0 spiro atoms. The van der Waals surface area contributed by atoms with Crippen molar-refractivity contribution in [3.8, 4) is 0 Å². The Morgan fingerprint density at radius 3 is 2.47 bits per heavy atom. The van der Waals surface area contributed by atoms with Gasteiger partial charge in [0.25, 0.3) is 0 Å². The molecule has 1 rings (SSSR count). The molecule has 0 amide bonds. The minimum absolute atomic E-state index is 0.354. The molecule has 0 aromatic heterocycles. The van der Waals surface area contributed by atoms with E-state index in [1.165, 1.54) is 0 Å². The molecule has 0 bridgehead atoms. The number of nitrogens with two attached hydrogens (primary N) is 1. The van der Waals surface area contributed by atoms with Crippen LogP contribution in [-0.2, 0) is 0 Å². The van der Waals surface area contributed by atoms with Crippen LogP contribution in [0.3, 0.4) is 0 Å². The SMILES string of the molecule is Nc1cc(F)c(NCC(F)(F)F)cc1C(=O)O. The van der Waals surface area contributed by atoms with E-state index in [-0.39, 0.29) is 5.69 Å². The third-order valence-electron chi connectivity index (χ3n) is 1.85. The Bertz CT molecular complexity index is 445. The van der Waals surface area contributed by atoms with Gasteiger partial charge < -0.3 is 16.2 Å². The van der Waals surface area contributed by atoms with E-state index in [9.17, 15) is 22.4 Å². The number of anilines is 2. The minimum atomic E-state index is -4.53. The average Bonchev–Trinajstić information content (AvgIpc) is 2.14. The summed E-state index contributed by atoms with van der Waals surface area (Å²) in [5.74, 6) is -2.49. The molecule has 0 radical (unpaired) electrons. The molecule has 0 unspecified atom stereocenters. The topological polar surface area (TPSA) is 75.3 Å². The lowest BCUT2D eigenvalue weighted by Crippen LogP contribution is -2.22. The first kappa shape index (κ1) is 13.1. The molecule has 1 aromatic carbocycles. The third kappa shape index (κ3) is 3.51. The number of hydrogen-bond acceptors (Lipinski definition) is 3. The van der Waals surface area contributed by atoms with E-state index in [4.69, 9.17) is 10.8 Å². The van der Waals surface area contributed by atoms with Gasteiger partial charge >= 0.3 is 12.1 Å². The van der Waals surface area contributed by atoms with Gasteiger partial charge in [-0.25, -0.2) is 9.18 Å². The molecule has 0 aliphatic carbocycles. The van der Waals surface area contributed by atoms with Gasteiger partial charge in [0.2, 0.25) is 0 Å². The minimum Gasteiger partial charge on any atom is -0.478 e. The molecule has 4 nitrogen and oxygen atoms in total. The molecule has 0 saturated carbocycles. The fraction of sp³-hybridized carbons (Fsp3) is 0.222.